The number of hydrogen-bond acceptors (Lipinski definition) is 4. The van der Waals surface area contributed by atoms with E-state index in [0.717, 1.165) is 38.5 Å². The largest absolute Gasteiger partial charge is 0.341 e. The van der Waals surface area contributed by atoms with Crippen LogP contribution in [0.4, 0.5) is 5.95 Å². The molecule has 2 aliphatic heterocycles. The number of aryl methyl sites for hydroxylation is 1. The van der Waals surface area contributed by atoms with Crippen molar-refractivity contribution in [2.75, 3.05) is 24.5 Å². The van der Waals surface area contributed by atoms with Crippen molar-refractivity contribution in [1.29, 1.82) is 0 Å². The Balaban J connectivity index is 1.97. The van der Waals surface area contributed by atoms with Crippen LogP contribution in [0.2, 0.25) is 0 Å². The molecule has 16 heavy (non-hydrogen) atoms. The number of fused-ring (bicyclic) bond motifs is 1. The molecule has 2 aliphatic rings. The lowest BCUT2D eigenvalue weighted by Gasteiger charge is -2.22. The summed E-state index contributed by atoms with van der Waals surface area (Å²) in [5, 5.41) is 3.38. The zero-order valence-corrected chi connectivity index (χ0v) is 9.79. The number of hydrogen-bond donors (Lipinski definition) is 1. The molecule has 1 N–H and O–H groups in total. The van der Waals surface area contributed by atoms with Crippen LogP contribution in [0.5, 0.6) is 0 Å². The highest BCUT2D eigenvalue weighted by molar-refractivity contribution is 5.38. The van der Waals surface area contributed by atoms with E-state index in [1.165, 1.54) is 29.8 Å². The zero-order valence-electron chi connectivity index (χ0n) is 9.79. The highest BCUT2D eigenvalue weighted by Crippen LogP contribution is 2.21. The third-order valence-electron chi connectivity index (χ3n) is 3.52. The lowest BCUT2D eigenvalue weighted by molar-refractivity contribution is 0.617. The van der Waals surface area contributed by atoms with Crippen LogP contribution in [0.1, 0.15) is 29.8 Å². The molecule has 0 bridgehead atoms. The summed E-state index contributed by atoms with van der Waals surface area (Å²) in [5.41, 5.74) is 3.75. The quantitative estimate of drug-likeness (QED) is 0.764. The minimum Gasteiger partial charge on any atom is -0.341 e. The Labute approximate surface area is 96.1 Å². The molecule has 0 spiro atoms. The first-order valence-corrected chi connectivity index (χ1v) is 6.16. The Hall–Kier alpha value is -1.16. The van der Waals surface area contributed by atoms with E-state index in [9.17, 15) is 0 Å². The molecule has 1 aromatic heterocycles. The number of rotatable bonds is 1. The highest BCUT2D eigenvalue weighted by Gasteiger charge is 2.19. The second-order valence-corrected chi connectivity index (χ2v) is 4.66. The fraction of sp³-hybridized carbons (Fsp3) is 0.667. The first-order chi connectivity index (χ1) is 7.84. The minimum atomic E-state index is 0.902. The third-order valence-corrected chi connectivity index (χ3v) is 3.52. The van der Waals surface area contributed by atoms with Crippen LogP contribution >= 0.6 is 0 Å². The Kier molecular flexibility index (Phi) is 2.52. The van der Waals surface area contributed by atoms with Crippen molar-refractivity contribution < 1.29 is 0 Å². The molecule has 4 heteroatoms. The van der Waals surface area contributed by atoms with Gasteiger partial charge in [0.05, 0.1) is 5.69 Å². The maximum absolute atomic E-state index is 4.71. The lowest BCUT2D eigenvalue weighted by Crippen LogP contribution is -2.28. The van der Waals surface area contributed by atoms with Gasteiger partial charge in [-0.25, -0.2) is 9.97 Å². The summed E-state index contributed by atoms with van der Waals surface area (Å²) in [7, 11) is 0. The van der Waals surface area contributed by atoms with Gasteiger partial charge in [0.2, 0.25) is 5.95 Å². The molecular formula is C12H18N4. The number of nitrogens with zero attached hydrogens (tertiary/aromatic N) is 3. The number of aromatic nitrogens is 2. The van der Waals surface area contributed by atoms with E-state index >= 15 is 0 Å². The van der Waals surface area contributed by atoms with E-state index in [2.05, 4.69) is 22.1 Å². The van der Waals surface area contributed by atoms with Crippen molar-refractivity contribution in [2.45, 2.75) is 32.7 Å². The molecule has 86 valence electrons. The van der Waals surface area contributed by atoms with Crippen LogP contribution in [0.15, 0.2) is 0 Å². The maximum Gasteiger partial charge on any atom is 0.225 e. The van der Waals surface area contributed by atoms with Crippen molar-refractivity contribution in [2.24, 2.45) is 0 Å². The van der Waals surface area contributed by atoms with Crippen LogP contribution in [-0.2, 0) is 13.0 Å². The van der Waals surface area contributed by atoms with Crippen molar-refractivity contribution in [3.8, 4) is 0 Å². The van der Waals surface area contributed by atoms with Gasteiger partial charge in [-0.15, -0.1) is 0 Å². The van der Waals surface area contributed by atoms with Gasteiger partial charge in [-0.2, -0.15) is 0 Å². The van der Waals surface area contributed by atoms with Gasteiger partial charge in [0.15, 0.2) is 0 Å². The zero-order chi connectivity index (χ0) is 11.0. The predicted octanol–water partition coefficient (Wildman–Crippen LogP) is 1.03. The lowest BCUT2D eigenvalue weighted by atomic mass is 10.1. The fourth-order valence-corrected chi connectivity index (χ4v) is 2.59. The summed E-state index contributed by atoms with van der Waals surface area (Å²) in [4.78, 5) is 11.7. The minimum absolute atomic E-state index is 0.902. The van der Waals surface area contributed by atoms with Gasteiger partial charge in [0.25, 0.3) is 0 Å². The van der Waals surface area contributed by atoms with Gasteiger partial charge in [-0.1, -0.05) is 0 Å². The van der Waals surface area contributed by atoms with E-state index in [1.807, 2.05) is 0 Å². The van der Waals surface area contributed by atoms with E-state index < -0.39 is 0 Å². The van der Waals surface area contributed by atoms with Crippen molar-refractivity contribution in [1.82, 2.24) is 15.3 Å². The molecule has 0 aromatic carbocycles. The first-order valence-electron chi connectivity index (χ1n) is 6.16. The summed E-state index contributed by atoms with van der Waals surface area (Å²) in [5.74, 6) is 0.942. The Morgan fingerprint density at radius 3 is 2.81 bits per heavy atom. The molecule has 3 heterocycles. The van der Waals surface area contributed by atoms with Crippen LogP contribution in [0, 0.1) is 6.92 Å². The molecule has 0 aliphatic carbocycles. The van der Waals surface area contributed by atoms with Crippen LogP contribution in [0.3, 0.4) is 0 Å². The van der Waals surface area contributed by atoms with Crippen LogP contribution in [-0.4, -0.2) is 29.6 Å². The summed E-state index contributed by atoms with van der Waals surface area (Å²) in [6.45, 7) is 6.31. The Morgan fingerprint density at radius 2 is 2.00 bits per heavy atom. The van der Waals surface area contributed by atoms with Gasteiger partial charge in [0, 0.05) is 25.3 Å². The predicted molar refractivity (Wildman–Crippen MR) is 63.6 cm³/mol. The molecule has 0 atom stereocenters. The van der Waals surface area contributed by atoms with Gasteiger partial charge in [-0.3, -0.25) is 0 Å². The van der Waals surface area contributed by atoms with E-state index in [4.69, 9.17) is 4.98 Å². The molecule has 4 nitrogen and oxygen atoms in total. The third kappa shape index (κ3) is 1.67. The number of anilines is 1. The van der Waals surface area contributed by atoms with Crippen molar-refractivity contribution in [3.63, 3.8) is 0 Å². The van der Waals surface area contributed by atoms with Gasteiger partial charge < -0.3 is 10.2 Å². The number of nitrogens with one attached hydrogen (secondary N) is 1. The van der Waals surface area contributed by atoms with Gasteiger partial charge >= 0.3 is 0 Å². The average molecular weight is 218 g/mol. The molecule has 0 radical (unpaired) electrons. The first kappa shape index (κ1) is 10.0. The van der Waals surface area contributed by atoms with Crippen LogP contribution < -0.4 is 10.2 Å². The standard InChI is InChI=1S/C12H18N4/c1-9-10-4-5-13-8-11(10)15-12(14-9)16-6-2-3-7-16/h13H,2-8H2,1H3. The summed E-state index contributed by atoms with van der Waals surface area (Å²) in [6.07, 6.45) is 3.62. The monoisotopic (exact) mass is 218 g/mol. The van der Waals surface area contributed by atoms with Crippen molar-refractivity contribution >= 4 is 5.95 Å². The van der Waals surface area contributed by atoms with E-state index in [-0.39, 0.29) is 0 Å². The molecule has 1 saturated heterocycles. The Morgan fingerprint density at radius 1 is 1.19 bits per heavy atom. The van der Waals surface area contributed by atoms with E-state index in [1.54, 1.807) is 0 Å². The van der Waals surface area contributed by atoms with Gasteiger partial charge in [0.1, 0.15) is 0 Å². The molecule has 3 rings (SSSR count). The SMILES string of the molecule is Cc1nc(N2CCCC2)nc2c1CCNC2. The van der Waals surface area contributed by atoms with Crippen LogP contribution in [0.25, 0.3) is 0 Å². The molecule has 0 saturated carbocycles. The molecule has 0 amide bonds. The normalized spacial score (nSPS) is 19.9. The summed E-state index contributed by atoms with van der Waals surface area (Å²) in [6, 6.07) is 0. The van der Waals surface area contributed by atoms with Crippen molar-refractivity contribution in [3.05, 3.63) is 17.0 Å². The Bertz CT molecular complexity index is 396. The fourth-order valence-electron chi connectivity index (χ4n) is 2.59. The van der Waals surface area contributed by atoms with E-state index in [0.29, 0.717) is 0 Å². The second-order valence-electron chi connectivity index (χ2n) is 4.66. The molecule has 1 aromatic rings. The molecular weight excluding hydrogens is 200 g/mol. The second kappa shape index (κ2) is 4.01. The molecule has 0 unspecified atom stereocenters. The summed E-state index contributed by atoms with van der Waals surface area (Å²) >= 11 is 0. The topological polar surface area (TPSA) is 41.1 Å². The smallest absolute Gasteiger partial charge is 0.225 e. The average Bonchev–Trinajstić information content (AvgIpc) is 2.82. The van der Waals surface area contributed by atoms with Gasteiger partial charge in [-0.05, 0) is 38.3 Å². The summed E-state index contributed by atoms with van der Waals surface area (Å²) < 4.78 is 0. The highest BCUT2D eigenvalue weighted by atomic mass is 15.3. The maximum atomic E-state index is 4.71. The molecule has 1 fully saturated rings.